The van der Waals surface area contributed by atoms with E-state index in [4.69, 9.17) is 10.2 Å². The summed E-state index contributed by atoms with van der Waals surface area (Å²) in [5, 5.41) is 17.9. The molecule has 0 amide bonds. The summed E-state index contributed by atoms with van der Waals surface area (Å²) < 4.78 is 0. The lowest BCUT2D eigenvalue weighted by atomic mass is 9.72. The van der Waals surface area contributed by atoms with Crippen LogP contribution < -0.4 is 0 Å². The van der Waals surface area contributed by atoms with Crippen molar-refractivity contribution in [1.82, 2.24) is 0 Å². The molecule has 0 radical (unpaired) electrons. The van der Waals surface area contributed by atoms with Crippen molar-refractivity contribution in [3.05, 3.63) is 21.4 Å². The van der Waals surface area contributed by atoms with E-state index in [1.807, 2.05) is 0 Å². The third-order valence-electron chi connectivity index (χ3n) is 2.98. The molecule has 0 atom stereocenters. The van der Waals surface area contributed by atoms with Gasteiger partial charge in [0, 0.05) is 0 Å². The van der Waals surface area contributed by atoms with Crippen LogP contribution in [0.3, 0.4) is 0 Å². The Kier molecular flexibility index (Phi) is 2.71. The fourth-order valence-corrected chi connectivity index (χ4v) is 3.06. The Morgan fingerprint density at radius 1 is 1.31 bits per heavy atom. The number of carbonyl (C=O) groups is 2. The van der Waals surface area contributed by atoms with Gasteiger partial charge in [-0.05, 0) is 36.3 Å². The van der Waals surface area contributed by atoms with Gasteiger partial charge in [-0.1, -0.05) is 6.92 Å². The Labute approximate surface area is 96.5 Å². The molecule has 1 heterocycles. The molecule has 1 fully saturated rings. The Morgan fingerprint density at radius 3 is 2.38 bits per heavy atom. The number of carboxylic acids is 2. The first-order chi connectivity index (χ1) is 7.49. The van der Waals surface area contributed by atoms with Gasteiger partial charge in [0.2, 0.25) is 0 Å². The van der Waals surface area contributed by atoms with Crippen LogP contribution in [0.4, 0.5) is 0 Å². The van der Waals surface area contributed by atoms with E-state index in [0.29, 0.717) is 11.5 Å². The molecule has 0 unspecified atom stereocenters. The summed E-state index contributed by atoms with van der Waals surface area (Å²) in [5.41, 5.74) is 0.702. The van der Waals surface area contributed by atoms with Crippen molar-refractivity contribution in [1.29, 1.82) is 0 Å². The van der Waals surface area contributed by atoms with Crippen molar-refractivity contribution in [3.63, 3.8) is 0 Å². The first-order valence-electron chi connectivity index (χ1n) is 5.09. The summed E-state index contributed by atoms with van der Waals surface area (Å²) in [5.74, 6) is -1.23. The molecular weight excluding hydrogens is 228 g/mol. The molecule has 0 spiro atoms. The van der Waals surface area contributed by atoms with Crippen molar-refractivity contribution in [2.75, 3.05) is 0 Å². The smallest absolute Gasteiger partial charge is 0.346 e. The van der Waals surface area contributed by atoms with Gasteiger partial charge in [0.15, 0.2) is 0 Å². The van der Waals surface area contributed by atoms with Gasteiger partial charge in [-0.15, -0.1) is 11.3 Å². The normalized spacial score (nSPS) is 23.8. The maximum atomic E-state index is 11.0. The minimum absolute atomic E-state index is 0.118. The van der Waals surface area contributed by atoms with Gasteiger partial charge in [-0.2, -0.15) is 0 Å². The van der Waals surface area contributed by atoms with Crippen molar-refractivity contribution in [2.45, 2.75) is 25.7 Å². The van der Waals surface area contributed by atoms with Gasteiger partial charge >= 0.3 is 11.9 Å². The molecule has 0 saturated heterocycles. The van der Waals surface area contributed by atoms with E-state index in [0.717, 1.165) is 24.2 Å². The maximum absolute atomic E-state index is 11.0. The van der Waals surface area contributed by atoms with E-state index in [1.54, 1.807) is 0 Å². The molecule has 2 rings (SSSR count). The van der Waals surface area contributed by atoms with Crippen LogP contribution in [0, 0.1) is 5.92 Å². The van der Waals surface area contributed by atoms with Gasteiger partial charge in [-0.3, -0.25) is 0 Å². The second-order valence-corrected chi connectivity index (χ2v) is 5.33. The van der Waals surface area contributed by atoms with Crippen molar-refractivity contribution < 1.29 is 19.8 Å². The lowest BCUT2D eigenvalue weighted by Crippen LogP contribution is -2.20. The minimum atomic E-state index is -1.05. The summed E-state index contributed by atoms with van der Waals surface area (Å²) >= 11 is 0.855. The zero-order valence-corrected chi connectivity index (χ0v) is 9.58. The van der Waals surface area contributed by atoms with E-state index in [1.165, 1.54) is 6.07 Å². The third-order valence-corrected chi connectivity index (χ3v) is 4.11. The highest BCUT2D eigenvalue weighted by Gasteiger charge is 2.32. The van der Waals surface area contributed by atoms with E-state index < -0.39 is 11.9 Å². The molecule has 1 aromatic heterocycles. The quantitative estimate of drug-likeness (QED) is 0.851. The molecular formula is C11H12O4S. The number of hydrogen-bond acceptors (Lipinski definition) is 3. The summed E-state index contributed by atoms with van der Waals surface area (Å²) in [4.78, 5) is 22.1. The Bertz CT molecular complexity index is 443. The number of aromatic carboxylic acids is 2. The summed E-state index contributed by atoms with van der Waals surface area (Å²) in [6.07, 6.45) is 1.91. The molecule has 0 aromatic carbocycles. The molecule has 1 saturated carbocycles. The van der Waals surface area contributed by atoms with E-state index >= 15 is 0 Å². The van der Waals surface area contributed by atoms with Crippen molar-refractivity contribution in [2.24, 2.45) is 5.92 Å². The molecule has 0 aliphatic heterocycles. The SMILES string of the molecule is CC1CC(c2cc(C(=O)O)sc2C(=O)O)C1. The van der Waals surface area contributed by atoms with Crippen molar-refractivity contribution >= 4 is 23.3 Å². The number of thiophene rings is 1. The predicted molar refractivity (Wildman–Crippen MR) is 59.4 cm³/mol. The van der Waals surface area contributed by atoms with Crippen LogP contribution in [0.2, 0.25) is 0 Å². The average molecular weight is 240 g/mol. The average Bonchev–Trinajstić information content (AvgIpc) is 2.56. The monoisotopic (exact) mass is 240 g/mol. The van der Waals surface area contributed by atoms with Gasteiger partial charge in [0.1, 0.15) is 9.75 Å². The highest BCUT2D eigenvalue weighted by atomic mass is 32.1. The summed E-state index contributed by atoms with van der Waals surface area (Å²) in [6.45, 7) is 2.11. The first kappa shape index (κ1) is 11.1. The number of carboxylic acid groups (broad SMARTS) is 2. The van der Waals surface area contributed by atoms with E-state index in [2.05, 4.69) is 6.92 Å². The van der Waals surface area contributed by atoms with Crippen LogP contribution in [-0.2, 0) is 0 Å². The molecule has 4 nitrogen and oxygen atoms in total. The largest absolute Gasteiger partial charge is 0.477 e. The summed E-state index contributed by atoms with van der Waals surface area (Å²) in [6, 6.07) is 1.52. The Hall–Kier alpha value is -1.36. The zero-order valence-electron chi connectivity index (χ0n) is 8.77. The fraction of sp³-hybridized carbons (Fsp3) is 0.455. The van der Waals surface area contributed by atoms with E-state index in [9.17, 15) is 9.59 Å². The van der Waals surface area contributed by atoms with Crippen LogP contribution in [0.25, 0.3) is 0 Å². The first-order valence-corrected chi connectivity index (χ1v) is 5.91. The Morgan fingerprint density at radius 2 is 1.94 bits per heavy atom. The third kappa shape index (κ3) is 1.82. The Balaban J connectivity index is 2.35. The second-order valence-electron chi connectivity index (χ2n) is 4.28. The van der Waals surface area contributed by atoms with Crippen LogP contribution in [0.5, 0.6) is 0 Å². The van der Waals surface area contributed by atoms with Gasteiger partial charge in [0.25, 0.3) is 0 Å². The van der Waals surface area contributed by atoms with Gasteiger partial charge in [0.05, 0.1) is 0 Å². The molecule has 1 aliphatic carbocycles. The molecule has 1 aliphatic rings. The maximum Gasteiger partial charge on any atom is 0.346 e. The molecule has 1 aromatic rings. The lowest BCUT2D eigenvalue weighted by molar-refractivity contribution is 0.0691. The van der Waals surface area contributed by atoms with Crippen LogP contribution in [0.1, 0.15) is 50.6 Å². The summed E-state index contributed by atoms with van der Waals surface area (Å²) in [7, 11) is 0. The van der Waals surface area contributed by atoms with E-state index in [-0.39, 0.29) is 15.7 Å². The lowest BCUT2D eigenvalue weighted by Gasteiger charge is -2.32. The van der Waals surface area contributed by atoms with Crippen LogP contribution in [0.15, 0.2) is 6.07 Å². The van der Waals surface area contributed by atoms with Crippen LogP contribution in [-0.4, -0.2) is 22.2 Å². The zero-order chi connectivity index (χ0) is 11.9. The number of hydrogen-bond donors (Lipinski definition) is 2. The molecule has 16 heavy (non-hydrogen) atoms. The van der Waals surface area contributed by atoms with Gasteiger partial charge in [-0.25, -0.2) is 9.59 Å². The molecule has 86 valence electrons. The predicted octanol–water partition coefficient (Wildman–Crippen LogP) is 2.66. The topological polar surface area (TPSA) is 74.6 Å². The fourth-order valence-electron chi connectivity index (χ4n) is 2.14. The highest BCUT2D eigenvalue weighted by molar-refractivity contribution is 7.16. The standard InChI is InChI=1S/C11H12O4S/c1-5-2-6(3-5)7-4-8(10(12)13)16-9(7)11(14)15/h4-6H,2-3H2,1H3,(H,12,13)(H,14,15). The van der Waals surface area contributed by atoms with Crippen molar-refractivity contribution in [3.8, 4) is 0 Å². The molecule has 5 heteroatoms. The molecule has 2 N–H and O–H groups in total. The second kappa shape index (κ2) is 3.90. The highest BCUT2D eigenvalue weighted by Crippen LogP contribution is 2.44. The number of rotatable bonds is 3. The minimum Gasteiger partial charge on any atom is -0.477 e. The van der Waals surface area contributed by atoms with Gasteiger partial charge < -0.3 is 10.2 Å². The van der Waals surface area contributed by atoms with Crippen LogP contribution >= 0.6 is 11.3 Å². The molecule has 0 bridgehead atoms.